The monoisotopic (exact) mass is 279 g/mol. The van der Waals surface area contributed by atoms with Crippen molar-refractivity contribution in [3.8, 4) is 0 Å². The van der Waals surface area contributed by atoms with E-state index in [0.29, 0.717) is 5.69 Å². The molecule has 3 N–H and O–H groups in total. The van der Waals surface area contributed by atoms with E-state index in [1.165, 1.54) is 11.3 Å². The highest BCUT2D eigenvalue weighted by Crippen LogP contribution is 2.20. The van der Waals surface area contributed by atoms with Crippen molar-refractivity contribution in [3.05, 3.63) is 28.0 Å². The van der Waals surface area contributed by atoms with Gasteiger partial charge in [-0.25, -0.2) is 4.98 Å². The van der Waals surface area contributed by atoms with E-state index in [1.54, 1.807) is 12.4 Å². The molecule has 7 heteroatoms. The molecule has 0 saturated carbocycles. The van der Waals surface area contributed by atoms with Gasteiger partial charge < -0.3 is 10.6 Å². The standard InChI is InChI=1S/C12H17N5OS/c1-6(10-7(2)16-17-8(10)3)14-11(18)9-5-19-12(13-4)15-9/h5-6H,1-4H3,(H,13,15)(H,14,18)(H,16,17)/t6-/m0/s1. The van der Waals surface area contributed by atoms with Crippen LogP contribution in [0.2, 0.25) is 0 Å². The highest BCUT2D eigenvalue weighted by atomic mass is 32.1. The largest absolute Gasteiger partial charge is 0.365 e. The van der Waals surface area contributed by atoms with E-state index >= 15 is 0 Å². The summed E-state index contributed by atoms with van der Waals surface area (Å²) in [5.41, 5.74) is 3.33. The van der Waals surface area contributed by atoms with Crippen LogP contribution in [0.15, 0.2) is 5.38 Å². The van der Waals surface area contributed by atoms with Crippen LogP contribution in [0.1, 0.15) is 40.4 Å². The third-order valence-electron chi connectivity index (χ3n) is 2.92. The van der Waals surface area contributed by atoms with Gasteiger partial charge in [-0.05, 0) is 20.8 Å². The van der Waals surface area contributed by atoms with Crippen LogP contribution in [0.3, 0.4) is 0 Å². The number of rotatable bonds is 4. The minimum Gasteiger partial charge on any atom is -0.365 e. The van der Waals surface area contributed by atoms with E-state index in [2.05, 4.69) is 25.8 Å². The molecule has 0 spiro atoms. The SMILES string of the molecule is CNc1nc(C(=O)N[C@@H](C)c2c(C)n[nH]c2C)cs1. The van der Waals surface area contributed by atoms with Gasteiger partial charge >= 0.3 is 0 Å². The molecule has 1 amide bonds. The second kappa shape index (κ2) is 5.40. The number of hydrogen-bond donors (Lipinski definition) is 3. The summed E-state index contributed by atoms with van der Waals surface area (Å²) in [4.78, 5) is 16.3. The number of nitrogens with one attached hydrogen (secondary N) is 3. The first-order valence-corrected chi connectivity index (χ1v) is 6.86. The Kier molecular flexibility index (Phi) is 3.84. The number of carbonyl (C=O) groups excluding carboxylic acids is 1. The topological polar surface area (TPSA) is 82.7 Å². The number of hydrogen-bond acceptors (Lipinski definition) is 5. The van der Waals surface area contributed by atoms with E-state index in [1.807, 2.05) is 20.8 Å². The first kappa shape index (κ1) is 13.5. The van der Waals surface area contributed by atoms with E-state index < -0.39 is 0 Å². The fraction of sp³-hybridized carbons (Fsp3) is 0.417. The fourth-order valence-corrected chi connectivity index (χ4v) is 2.69. The zero-order valence-electron chi connectivity index (χ0n) is 11.4. The normalized spacial score (nSPS) is 12.2. The molecule has 1 atom stereocenters. The number of H-pyrrole nitrogens is 1. The lowest BCUT2D eigenvalue weighted by atomic mass is 10.1. The summed E-state index contributed by atoms with van der Waals surface area (Å²) in [5, 5.41) is 15.4. The van der Waals surface area contributed by atoms with Gasteiger partial charge in [0.1, 0.15) is 5.69 Å². The molecule has 2 aromatic rings. The maximum Gasteiger partial charge on any atom is 0.271 e. The molecule has 6 nitrogen and oxygen atoms in total. The molecule has 0 aliphatic rings. The lowest BCUT2D eigenvalue weighted by Gasteiger charge is -2.13. The maximum absolute atomic E-state index is 12.1. The van der Waals surface area contributed by atoms with Gasteiger partial charge in [-0.3, -0.25) is 9.89 Å². The summed E-state index contributed by atoms with van der Waals surface area (Å²) < 4.78 is 0. The number of nitrogens with zero attached hydrogens (tertiary/aromatic N) is 2. The predicted octanol–water partition coefficient (Wildman–Crippen LogP) is 2.02. The van der Waals surface area contributed by atoms with Crippen molar-refractivity contribution in [2.75, 3.05) is 12.4 Å². The Hall–Kier alpha value is -1.89. The number of aryl methyl sites for hydroxylation is 2. The minimum absolute atomic E-state index is 0.106. The first-order valence-electron chi connectivity index (χ1n) is 5.98. The highest BCUT2D eigenvalue weighted by Gasteiger charge is 2.18. The first-order chi connectivity index (χ1) is 9.02. The molecule has 0 bridgehead atoms. The molecule has 2 heterocycles. The van der Waals surface area contributed by atoms with Crippen LogP contribution in [-0.2, 0) is 0 Å². The van der Waals surface area contributed by atoms with Crippen molar-refractivity contribution >= 4 is 22.4 Å². The number of thiazole rings is 1. The Labute approximate surface area is 115 Å². The smallest absolute Gasteiger partial charge is 0.271 e. The van der Waals surface area contributed by atoms with Crippen molar-refractivity contribution in [2.45, 2.75) is 26.8 Å². The van der Waals surface area contributed by atoms with Gasteiger partial charge in [0.25, 0.3) is 5.91 Å². The predicted molar refractivity (Wildman–Crippen MR) is 75.6 cm³/mol. The molecule has 2 aromatic heterocycles. The third-order valence-corrected chi connectivity index (χ3v) is 3.78. The van der Waals surface area contributed by atoms with Crippen LogP contribution < -0.4 is 10.6 Å². The summed E-state index contributed by atoms with van der Waals surface area (Å²) in [6, 6.07) is -0.106. The number of aromatic amines is 1. The zero-order chi connectivity index (χ0) is 14.0. The summed E-state index contributed by atoms with van der Waals surface area (Å²) >= 11 is 1.41. The quantitative estimate of drug-likeness (QED) is 0.799. The van der Waals surface area contributed by atoms with E-state index in [4.69, 9.17) is 0 Å². The second-order valence-electron chi connectivity index (χ2n) is 4.33. The molecule has 0 aliphatic carbocycles. The fourth-order valence-electron chi connectivity index (χ4n) is 2.03. The summed E-state index contributed by atoms with van der Waals surface area (Å²) in [5.74, 6) is -0.176. The van der Waals surface area contributed by atoms with Crippen molar-refractivity contribution in [1.82, 2.24) is 20.5 Å². The average Bonchev–Trinajstić information content (AvgIpc) is 2.96. The second-order valence-corrected chi connectivity index (χ2v) is 5.19. The van der Waals surface area contributed by atoms with E-state index in [0.717, 1.165) is 22.1 Å². The molecule has 0 aliphatic heterocycles. The summed E-state index contributed by atoms with van der Waals surface area (Å²) in [7, 11) is 1.78. The van der Waals surface area contributed by atoms with Gasteiger partial charge in [0.15, 0.2) is 5.13 Å². The molecule has 102 valence electrons. The molecular weight excluding hydrogens is 262 g/mol. The molecule has 2 rings (SSSR count). The third kappa shape index (κ3) is 2.76. The molecule has 0 saturated heterocycles. The van der Waals surface area contributed by atoms with Crippen LogP contribution in [0, 0.1) is 13.8 Å². The van der Waals surface area contributed by atoms with Gasteiger partial charge in [-0.1, -0.05) is 0 Å². The van der Waals surface area contributed by atoms with Crippen LogP contribution >= 0.6 is 11.3 Å². The molecule has 0 unspecified atom stereocenters. The lowest BCUT2D eigenvalue weighted by Crippen LogP contribution is -2.27. The zero-order valence-corrected chi connectivity index (χ0v) is 12.2. The number of carbonyl (C=O) groups is 1. The summed E-state index contributed by atoms with van der Waals surface area (Å²) in [6.45, 7) is 5.80. The van der Waals surface area contributed by atoms with Gasteiger partial charge in [-0.15, -0.1) is 11.3 Å². The Morgan fingerprint density at radius 3 is 2.74 bits per heavy atom. The van der Waals surface area contributed by atoms with Crippen LogP contribution in [0.25, 0.3) is 0 Å². The molecule has 0 aromatic carbocycles. The Balaban J connectivity index is 2.10. The van der Waals surface area contributed by atoms with Crippen LogP contribution in [0.4, 0.5) is 5.13 Å². The number of anilines is 1. The maximum atomic E-state index is 12.1. The van der Waals surface area contributed by atoms with Crippen molar-refractivity contribution in [3.63, 3.8) is 0 Å². The lowest BCUT2D eigenvalue weighted by molar-refractivity contribution is 0.0935. The Morgan fingerprint density at radius 1 is 1.47 bits per heavy atom. The minimum atomic E-state index is -0.176. The Morgan fingerprint density at radius 2 is 2.21 bits per heavy atom. The van der Waals surface area contributed by atoms with Crippen molar-refractivity contribution in [2.24, 2.45) is 0 Å². The Bertz CT molecular complexity index is 569. The van der Waals surface area contributed by atoms with Gasteiger partial charge in [0.05, 0.1) is 11.7 Å². The number of aromatic nitrogens is 3. The summed E-state index contributed by atoms with van der Waals surface area (Å²) in [6.07, 6.45) is 0. The molecule has 0 radical (unpaired) electrons. The van der Waals surface area contributed by atoms with E-state index in [-0.39, 0.29) is 11.9 Å². The number of amides is 1. The van der Waals surface area contributed by atoms with E-state index in [9.17, 15) is 4.79 Å². The van der Waals surface area contributed by atoms with Crippen molar-refractivity contribution in [1.29, 1.82) is 0 Å². The van der Waals surface area contributed by atoms with Crippen LogP contribution in [0.5, 0.6) is 0 Å². The molecule has 19 heavy (non-hydrogen) atoms. The van der Waals surface area contributed by atoms with Gasteiger partial charge in [0, 0.05) is 23.7 Å². The van der Waals surface area contributed by atoms with Crippen LogP contribution in [-0.4, -0.2) is 28.1 Å². The molecular formula is C12H17N5OS. The van der Waals surface area contributed by atoms with Gasteiger partial charge in [0.2, 0.25) is 0 Å². The average molecular weight is 279 g/mol. The van der Waals surface area contributed by atoms with Crippen molar-refractivity contribution < 1.29 is 4.79 Å². The highest BCUT2D eigenvalue weighted by molar-refractivity contribution is 7.13. The molecule has 0 fully saturated rings. The van der Waals surface area contributed by atoms with Gasteiger partial charge in [-0.2, -0.15) is 5.10 Å².